The summed E-state index contributed by atoms with van der Waals surface area (Å²) in [5, 5.41) is 53.9. The van der Waals surface area contributed by atoms with Gasteiger partial charge in [-0.05, 0) is 101 Å². The number of methoxy groups -OCH3 is 1. The molecule has 0 saturated carbocycles. The number of aromatic nitrogens is 2. The van der Waals surface area contributed by atoms with Crippen LogP contribution in [-0.2, 0) is 44.5 Å². The first-order chi connectivity index (χ1) is 28.9. The first kappa shape index (κ1) is 52.1. The van der Waals surface area contributed by atoms with Crippen LogP contribution in [0.2, 0.25) is 0 Å². The second-order valence-electron chi connectivity index (χ2n) is 19.1. The minimum atomic E-state index is -1.89. The number of alkyl carbamates (subject to hydrolysis) is 1. The van der Waals surface area contributed by atoms with Crippen LogP contribution in [-0.4, -0.2) is 172 Å². The highest BCUT2D eigenvalue weighted by Crippen LogP contribution is 2.40. The van der Waals surface area contributed by atoms with Gasteiger partial charge < -0.3 is 73.7 Å². The van der Waals surface area contributed by atoms with Gasteiger partial charge in [-0.2, -0.15) is 0 Å². The Morgan fingerprint density at radius 1 is 1.05 bits per heavy atom. The van der Waals surface area contributed by atoms with Crippen LogP contribution in [0.4, 0.5) is 4.79 Å². The molecule has 3 aliphatic rings. The highest BCUT2D eigenvalue weighted by Gasteiger charge is 2.53. The van der Waals surface area contributed by atoms with Crippen molar-refractivity contribution in [3.8, 4) is 0 Å². The number of cyclic esters (lactones) is 1. The number of carbonyl (C=O) groups is 2. The highest BCUT2D eigenvalue weighted by atomic mass is 16.7. The van der Waals surface area contributed by atoms with E-state index >= 15 is 0 Å². The Bertz CT molecular complexity index is 1540. The number of nitrogens with one attached hydrogen (secondary N) is 2. The third kappa shape index (κ3) is 12.9. The van der Waals surface area contributed by atoms with Gasteiger partial charge in [-0.3, -0.25) is 4.79 Å². The summed E-state index contributed by atoms with van der Waals surface area (Å²) in [6.07, 6.45) is -3.61. The molecule has 358 valence electrons. The van der Waals surface area contributed by atoms with Crippen LogP contribution in [0.25, 0.3) is 0 Å². The molecule has 3 aliphatic heterocycles. The van der Waals surface area contributed by atoms with Crippen LogP contribution in [0, 0.1) is 17.8 Å². The highest BCUT2D eigenvalue weighted by molar-refractivity contribution is 5.73. The average molecular weight is 886 g/mol. The van der Waals surface area contributed by atoms with E-state index in [4.69, 9.17) is 33.2 Å². The van der Waals surface area contributed by atoms with Crippen molar-refractivity contribution in [1.29, 1.82) is 0 Å². The summed E-state index contributed by atoms with van der Waals surface area (Å²) < 4.78 is 45.8. The molecule has 0 aromatic carbocycles. The third-order valence-corrected chi connectivity index (χ3v) is 13.3. The van der Waals surface area contributed by atoms with E-state index < -0.39 is 102 Å². The van der Waals surface area contributed by atoms with Gasteiger partial charge in [-0.25, -0.2) is 9.78 Å². The molecule has 18 atom stereocenters. The van der Waals surface area contributed by atoms with E-state index in [9.17, 15) is 30.0 Å². The van der Waals surface area contributed by atoms with Gasteiger partial charge in [-0.15, -0.1) is 0 Å². The number of hydrogen-bond acceptors (Lipinski definition) is 16. The second kappa shape index (κ2) is 22.1. The zero-order chi connectivity index (χ0) is 46.3. The molecule has 1 aromatic rings. The molecular formula is C44H79N5O13. The van der Waals surface area contributed by atoms with E-state index in [1.165, 1.54) is 14.0 Å². The van der Waals surface area contributed by atoms with Gasteiger partial charge in [0.05, 0.1) is 47.9 Å². The van der Waals surface area contributed by atoms with Crippen LogP contribution in [0.15, 0.2) is 18.7 Å². The summed E-state index contributed by atoms with van der Waals surface area (Å²) in [5.74, 6) is -2.82. The van der Waals surface area contributed by atoms with Crippen LogP contribution in [0.5, 0.6) is 0 Å². The molecule has 62 heavy (non-hydrogen) atoms. The number of aliphatic hydroxyl groups excluding tert-OH is 2. The minimum absolute atomic E-state index is 0.103. The SMILES string of the molecule is CC[C@@H]1OC(=O)[C@H](C)[C@@H](O[C@H]2C[C@@](C)(OC)[C@@H](O)[C@H](C)O2)[C@H](C)[C@@H](O[C@@H]2O[C@H](C)C[C@H](N(C)C)[C@H]2O)[C@](C)(O)C[C@@H](C)CN[C@@H](C)[C@@H](OC(=O)NCCCn2ccnc2)[C@]1(C)O. The maximum atomic E-state index is 14.6. The van der Waals surface area contributed by atoms with Gasteiger partial charge in [0, 0.05) is 57.0 Å². The number of aryl methyl sites for hydroxylation is 1. The average Bonchev–Trinajstić information content (AvgIpc) is 3.73. The van der Waals surface area contributed by atoms with Crippen molar-refractivity contribution >= 4 is 12.1 Å². The number of amides is 1. The van der Waals surface area contributed by atoms with E-state index in [0.717, 1.165) is 0 Å². The molecule has 18 nitrogen and oxygen atoms in total. The lowest BCUT2D eigenvalue weighted by atomic mass is 9.77. The number of aliphatic hydroxyl groups is 4. The molecule has 4 heterocycles. The molecule has 3 fully saturated rings. The lowest BCUT2D eigenvalue weighted by Gasteiger charge is -2.48. The zero-order valence-corrected chi connectivity index (χ0v) is 39.4. The summed E-state index contributed by atoms with van der Waals surface area (Å²) in [5.41, 5.74) is -4.56. The number of imidazole rings is 1. The van der Waals surface area contributed by atoms with E-state index in [-0.39, 0.29) is 37.3 Å². The number of nitrogens with zero attached hydrogens (tertiary/aromatic N) is 3. The fourth-order valence-corrected chi connectivity index (χ4v) is 9.60. The predicted molar refractivity (Wildman–Crippen MR) is 229 cm³/mol. The van der Waals surface area contributed by atoms with Crippen molar-refractivity contribution in [1.82, 2.24) is 25.1 Å². The van der Waals surface area contributed by atoms with Crippen molar-refractivity contribution in [2.45, 2.75) is 198 Å². The molecule has 0 radical (unpaired) electrons. The van der Waals surface area contributed by atoms with E-state index in [1.807, 2.05) is 43.6 Å². The number of likely N-dealkylation sites (N-methyl/N-ethyl adjacent to an activating group) is 1. The summed E-state index contributed by atoms with van der Waals surface area (Å²) in [4.78, 5) is 33.9. The molecule has 0 aliphatic carbocycles. The summed E-state index contributed by atoms with van der Waals surface area (Å²) in [6, 6.07) is -0.956. The van der Waals surface area contributed by atoms with Gasteiger partial charge in [0.1, 0.15) is 23.9 Å². The normalized spacial score (nSPS) is 43.0. The van der Waals surface area contributed by atoms with E-state index in [1.54, 1.807) is 61.0 Å². The summed E-state index contributed by atoms with van der Waals surface area (Å²) in [7, 11) is 5.26. The monoisotopic (exact) mass is 886 g/mol. The van der Waals surface area contributed by atoms with Crippen molar-refractivity contribution < 1.29 is 63.2 Å². The van der Waals surface area contributed by atoms with Crippen molar-refractivity contribution in [3.63, 3.8) is 0 Å². The van der Waals surface area contributed by atoms with Crippen LogP contribution < -0.4 is 10.6 Å². The Balaban J connectivity index is 1.74. The second-order valence-corrected chi connectivity index (χ2v) is 19.1. The fraction of sp³-hybridized carbons (Fsp3) is 0.886. The maximum absolute atomic E-state index is 14.6. The molecule has 1 amide bonds. The zero-order valence-electron chi connectivity index (χ0n) is 39.4. The number of ether oxygens (including phenoxy) is 7. The van der Waals surface area contributed by atoms with Crippen molar-refractivity contribution in [3.05, 3.63) is 18.7 Å². The first-order valence-electron chi connectivity index (χ1n) is 22.4. The van der Waals surface area contributed by atoms with Crippen LogP contribution in [0.3, 0.4) is 0 Å². The van der Waals surface area contributed by atoms with Crippen LogP contribution >= 0.6 is 0 Å². The Morgan fingerprint density at radius 2 is 1.74 bits per heavy atom. The molecular weight excluding hydrogens is 807 g/mol. The van der Waals surface area contributed by atoms with Gasteiger partial charge >= 0.3 is 12.1 Å². The van der Waals surface area contributed by atoms with Crippen LogP contribution in [0.1, 0.15) is 101 Å². The Labute approximate surface area is 368 Å². The molecule has 18 heteroatoms. The Hall–Kier alpha value is -2.49. The molecule has 4 rings (SSSR count). The molecule has 1 aromatic heterocycles. The number of hydrogen-bond donors (Lipinski definition) is 6. The quantitative estimate of drug-likeness (QED) is 0.131. The molecule has 3 saturated heterocycles. The van der Waals surface area contributed by atoms with Gasteiger partial charge in [0.2, 0.25) is 0 Å². The molecule has 6 N–H and O–H groups in total. The minimum Gasteiger partial charge on any atom is -0.459 e. The van der Waals surface area contributed by atoms with Gasteiger partial charge in [0.25, 0.3) is 0 Å². The van der Waals surface area contributed by atoms with E-state index in [0.29, 0.717) is 32.5 Å². The molecule has 0 spiro atoms. The topological polar surface area (TPSA) is 225 Å². The lowest BCUT2D eigenvalue weighted by Crippen LogP contribution is -2.61. The number of esters is 1. The maximum Gasteiger partial charge on any atom is 0.407 e. The Morgan fingerprint density at radius 3 is 2.35 bits per heavy atom. The third-order valence-electron chi connectivity index (χ3n) is 13.3. The smallest absolute Gasteiger partial charge is 0.407 e. The standard InChI is InChI=1S/C44H79N5O13/c1-14-32-44(10,55)38(62-41(53)46-16-15-18-49-19-17-45-24-49)29(6)47-23-25(2)21-42(8,54)37(61-40-34(50)31(48(11)12)20-26(3)57-40)27(4)35(28(5)39(52)59-32)60-33-22-43(9,56-13)36(51)30(7)58-33/h17,19,24-38,40,47,50-51,54-55H,14-16,18,20-23H2,1-13H3,(H,46,53)/t25-,26-,27+,28-,29+,30+,31+,32+,33+,34-,35+,36+,37-,38-,40+,42-,43-,44-/m1/s1. The Kier molecular flexibility index (Phi) is 18.6. The predicted octanol–water partition coefficient (Wildman–Crippen LogP) is 2.58. The lowest BCUT2D eigenvalue weighted by molar-refractivity contribution is -0.318. The number of rotatable bonds is 12. The van der Waals surface area contributed by atoms with Crippen molar-refractivity contribution in [2.24, 2.45) is 17.8 Å². The molecule has 0 bridgehead atoms. The van der Waals surface area contributed by atoms with E-state index in [2.05, 4.69) is 15.6 Å². The largest absolute Gasteiger partial charge is 0.459 e. The fourth-order valence-electron chi connectivity index (χ4n) is 9.60. The summed E-state index contributed by atoms with van der Waals surface area (Å²) in [6.45, 7) is 18.7. The number of carbonyl (C=O) groups excluding carboxylic acids is 2. The first-order valence-corrected chi connectivity index (χ1v) is 22.4. The molecule has 0 unspecified atom stereocenters. The van der Waals surface area contributed by atoms with Gasteiger partial charge in [0.15, 0.2) is 18.7 Å². The summed E-state index contributed by atoms with van der Waals surface area (Å²) >= 11 is 0. The van der Waals surface area contributed by atoms with Gasteiger partial charge in [-0.1, -0.05) is 20.8 Å². The van der Waals surface area contributed by atoms with Crippen molar-refractivity contribution in [2.75, 3.05) is 34.3 Å².